The molecule has 1 aliphatic heterocycles. The minimum Gasteiger partial charge on any atom is -0.465 e. The number of esters is 1. The first-order valence-corrected chi connectivity index (χ1v) is 8.24. The van der Waals surface area contributed by atoms with Gasteiger partial charge in [-0.2, -0.15) is 0 Å². The van der Waals surface area contributed by atoms with Crippen molar-refractivity contribution in [2.75, 3.05) is 12.0 Å². The fourth-order valence-electron chi connectivity index (χ4n) is 2.62. The molecule has 1 aromatic heterocycles. The summed E-state index contributed by atoms with van der Waals surface area (Å²) in [7, 11) is 1.31. The molecule has 0 bridgehead atoms. The molecule has 5 nitrogen and oxygen atoms in total. The van der Waals surface area contributed by atoms with Gasteiger partial charge in [0.05, 0.1) is 12.7 Å². The van der Waals surface area contributed by atoms with Crippen LogP contribution in [0.25, 0.3) is 0 Å². The summed E-state index contributed by atoms with van der Waals surface area (Å²) in [5, 5.41) is 0.406. The molecule has 0 fully saturated rings. The van der Waals surface area contributed by atoms with Crippen LogP contribution in [0.1, 0.15) is 47.5 Å². The number of hydrogen-bond donors (Lipinski definition) is 0. The molecule has 22 heavy (non-hydrogen) atoms. The van der Waals surface area contributed by atoms with Gasteiger partial charge in [0.25, 0.3) is 11.8 Å². The summed E-state index contributed by atoms with van der Waals surface area (Å²) < 4.78 is 4.83. The zero-order valence-corrected chi connectivity index (χ0v) is 13.8. The van der Waals surface area contributed by atoms with Crippen LogP contribution in [0.5, 0.6) is 0 Å². The van der Waals surface area contributed by atoms with E-state index in [0.29, 0.717) is 10.6 Å². The molecule has 0 saturated carbocycles. The lowest BCUT2D eigenvalue weighted by atomic mass is 9.95. The van der Waals surface area contributed by atoms with E-state index in [1.165, 1.54) is 30.6 Å². The van der Waals surface area contributed by atoms with E-state index in [-0.39, 0.29) is 0 Å². The normalized spacial score (nSPS) is 16.2. The van der Waals surface area contributed by atoms with Gasteiger partial charge in [-0.25, -0.2) is 9.69 Å². The van der Waals surface area contributed by atoms with Crippen LogP contribution in [0.2, 0.25) is 0 Å². The number of ether oxygens (including phenoxy) is 1. The molecule has 2 aliphatic rings. The topological polar surface area (TPSA) is 63.7 Å². The summed E-state index contributed by atoms with van der Waals surface area (Å²) in [6.45, 7) is 4.00. The highest BCUT2D eigenvalue weighted by Crippen LogP contribution is 2.41. The summed E-state index contributed by atoms with van der Waals surface area (Å²) in [4.78, 5) is 37.9. The zero-order valence-electron chi connectivity index (χ0n) is 13.0. The zero-order chi connectivity index (χ0) is 16.3. The van der Waals surface area contributed by atoms with Crippen molar-refractivity contribution in [3.05, 3.63) is 28.2 Å². The molecule has 0 atom stereocenters. The Morgan fingerprint density at radius 1 is 1.14 bits per heavy atom. The Kier molecular flexibility index (Phi) is 5.13. The first-order valence-electron chi connectivity index (χ1n) is 7.42. The van der Waals surface area contributed by atoms with Crippen LogP contribution in [0.15, 0.2) is 12.2 Å². The van der Waals surface area contributed by atoms with Gasteiger partial charge in [-0.05, 0) is 31.2 Å². The SMILES string of the molecule is CC.COC(=O)c1c(N2C(=O)C=CC2=O)sc2c1CCCC2. The number of nitrogens with zero attached hydrogens (tertiary/aromatic N) is 1. The summed E-state index contributed by atoms with van der Waals surface area (Å²) >= 11 is 1.35. The van der Waals surface area contributed by atoms with Crippen molar-refractivity contribution < 1.29 is 19.1 Å². The number of amides is 2. The van der Waals surface area contributed by atoms with Crippen molar-refractivity contribution in [3.8, 4) is 0 Å². The minimum atomic E-state index is -0.480. The summed E-state index contributed by atoms with van der Waals surface area (Å²) in [6, 6.07) is 0. The molecule has 0 N–H and O–H groups in total. The third-order valence-corrected chi connectivity index (χ3v) is 4.83. The third-order valence-electron chi connectivity index (χ3n) is 3.55. The number of methoxy groups -OCH3 is 1. The lowest BCUT2D eigenvalue weighted by molar-refractivity contribution is -0.119. The Labute approximate surface area is 133 Å². The molecule has 1 aromatic rings. The van der Waals surface area contributed by atoms with Gasteiger partial charge < -0.3 is 4.74 Å². The molecule has 3 rings (SSSR count). The molecule has 2 heterocycles. The number of carbonyl (C=O) groups excluding carboxylic acids is 3. The number of hydrogen-bond acceptors (Lipinski definition) is 5. The molecule has 1 aliphatic carbocycles. The van der Waals surface area contributed by atoms with E-state index >= 15 is 0 Å². The smallest absolute Gasteiger partial charge is 0.341 e. The first-order chi connectivity index (χ1) is 10.6. The second-order valence-electron chi connectivity index (χ2n) is 4.73. The largest absolute Gasteiger partial charge is 0.465 e. The molecule has 0 saturated heterocycles. The number of thiophene rings is 1. The van der Waals surface area contributed by atoms with Gasteiger partial charge >= 0.3 is 5.97 Å². The monoisotopic (exact) mass is 321 g/mol. The maximum atomic E-state index is 12.1. The van der Waals surface area contributed by atoms with Crippen LogP contribution >= 0.6 is 11.3 Å². The van der Waals surface area contributed by atoms with Crippen molar-refractivity contribution in [2.24, 2.45) is 0 Å². The van der Waals surface area contributed by atoms with E-state index in [0.717, 1.165) is 41.0 Å². The fraction of sp³-hybridized carbons (Fsp3) is 0.438. The maximum Gasteiger partial charge on any atom is 0.341 e. The molecule has 0 radical (unpaired) electrons. The van der Waals surface area contributed by atoms with Crippen LogP contribution in [-0.2, 0) is 27.2 Å². The Balaban J connectivity index is 0.000000847. The molecule has 0 aromatic carbocycles. The highest BCUT2D eigenvalue weighted by molar-refractivity contribution is 7.17. The average molecular weight is 321 g/mol. The standard InChI is InChI=1S/C14H13NO4S.C2H6/c1-19-14(18)12-8-4-2-3-5-9(8)20-13(12)15-10(16)6-7-11(15)17;1-2/h6-7H,2-5H2,1H3;1-2H3. The number of imide groups is 1. The predicted molar refractivity (Wildman–Crippen MR) is 85.3 cm³/mol. The molecular formula is C16H19NO4S. The van der Waals surface area contributed by atoms with E-state index in [1.807, 2.05) is 13.8 Å². The van der Waals surface area contributed by atoms with Gasteiger partial charge in [0.1, 0.15) is 5.00 Å². The summed E-state index contributed by atoms with van der Waals surface area (Å²) in [5.74, 6) is -1.29. The van der Waals surface area contributed by atoms with Gasteiger partial charge in [-0.3, -0.25) is 9.59 Å². The third kappa shape index (κ3) is 2.70. The van der Waals surface area contributed by atoms with Crippen molar-refractivity contribution >= 4 is 34.1 Å². The maximum absolute atomic E-state index is 12.1. The van der Waals surface area contributed by atoms with E-state index in [9.17, 15) is 14.4 Å². The molecule has 118 valence electrons. The van der Waals surface area contributed by atoms with E-state index < -0.39 is 17.8 Å². The van der Waals surface area contributed by atoms with Gasteiger partial charge in [-0.1, -0.05) is 13.8 Å². The van der Waals surface area contributed by atoms with Crippen molar-refractivity contribution in [1.82, 2.24) is 0 Å². The first kappa shape index (κ1) is 16.4. The molecule has 2 amide bonds. The summed E-state index contributed by atoms with van der Waals surface area (Å²) in [6.07, 6.45) is 6.19. The second kappa shape index (κ2) is 6.87. The van der Waals surface area contributed by atoms with E-state index in [2.05, 4.69) is 0 Å². The van der Waals surface area contributed by atoms with Gasteiger partial charge in [-0.15, -0.1) is 11.3 Å². The van der Waals surface area contributed by atoms with Crippen molar-refractivity contribution in [2.45, 2.75) is 39.5 Å². The van der Waals surface area contributed by atoms with Crippen LogP contribution < -0.4 is 4.90 Å². The van der Waals surface area contributed by atoms with Crippen LogP contribution in [0.4, 0.5) is 5.00 Å². The highest BCUT2D eigenvalue weighted by atomic mass is 32.1. The number of rotatable bonds is 2. The minimum absolute atomic E-state index is 0.387. The second-order valence-corrected chi connectivity index (χ2v) is 5.81. The number of fused-ring (bicyclic) bond motifs is 1. The Morgan fingerprint density at radius 3 is 2.32 bits per heavy atom. The van der Waals surface area contributed by atoms with Gasteiger partial charge in [0.15, 0.2) is 0 Å². The van der Waals surface area contributed by atoms with Crippen LogP contribution in [-0.4, -0.2) is 24.9 Å². The Morgan fingerprint density at radius 2 is 1.73 bits per heavy atom. The van der Waals surface area contributed by atoms with Crippen molar-refractivity contribution in [1.29, 1.82) is 0 Å². The lowest BCUT2D eigenvalue weighted by Crippen LogP contribution is -2.30. The summed E-state index contributed by atoms with van der Waals surface area (Å²) in [5.41, 5.74) is 1.33. The molecule has 0 unspecified atom stereocenters. The van der Waals surface area contributed by atoms with E-state index in [4.69, 9.17) is 4.74 Å². The lowest BCUT2D eigenvalue weighted by Gasteiger charge is -2.14. The average Bonchev–Trinajstić information content (AvgIpc) is 3.08. The Bertz CT molecular complexity index is 627. The Hall–Kier alpha value is -1.95. The quantitative estimate of drug-likeness (QED) is 0.620. The van der Waals surface area contributed by atoms with Crippen molar-refractivity contribution in [3.63, 3.8) is 0 Å². The fourth-order valence-corrected chi connectivity index (χ4v) is 4.01. The van der Waals surface area contributed by atoms with Crippen LogP contribution in [0, 0.1) is 0 Å². The predicted octanol–water partition coefficient (Wildman–Crippen LogP) is 2.87. The number of aryl methyl sites for hydroxylation is 1. The molecule has 0 spiro atoms. The number of carbonyl (C=O) groups is 3. The molecular weight excluding hydrogens is 302 g/mol. The van der Waals surface area contributed by atoms with E-state index in [1.54, 1.807) is 0 Å². The highest BCUT2D eigenvalue weighted by Gasteiger charge is 2.34. The van der Waals surface area contributed by atoms with Crippen LogP contribution in [0.3, 0.4) is 0 Å². The van der Waals surface area contributed by atoms with Gasteiger partial charge in [0.2, 0.25) is 0 Å². The molecule has 6 heteroatoms. The van der Waals surface area contributed by atoms with Gasteiger partial charge in [0, 0.05) is 17.0 Å². The number of anilines is 1.